The lowest BCUT2D eigenvalue weighted by Crippen LogP contribution is -1.86. The van der Waals surface area contributed by atoms with Crippen LogP contribution in [0.2, 0.25) is 0 Å². The fourth-order valence-corrected chi connectivity index (χ4v) is 4.73. The largest absolute Gasteiger partial charge is 0.173 e. The number of aryl methyl sites for hydroxylation is 3. The van der Waals surface area contributed by atoms with Crippen molar-refractivity contribution in [1.82, 2.24) is 8.75 Å². The van der Waals surface area contributed by atoms with Gasteiger partial charge >= 0.3 is 0 Å². The third-order valence-electron chi connectivity index (χ3n) is 5.12. The van der Waals surface area contributed by atoms with Crippen LogP contribution < -0.4 is 0 Å². The van der Waals surface area contributed by atoms with Gasteiger partial charge in [0.05, 0.1) is 11.7 Å². The summed E-state index contributed by atoms with van der Waals surface area (Å²) < 4.78 is 9.07. The molecule has 1 aliphatic rings. The van der Waals surface area contributed by atoms with Crippen LogP contribution in [0.1, 0.15) is 27.8 Å². The second-order valence-corrected chi connectivity index (χ2v) is 7.64. The van der Waals surface area contributed by atoms with E-state index in [4.69, 9.17) is 0 Å². The molecule has 0 unspecified atom stereocenters. The maximum absolute atomic E-state index is 4.58. The van der Waals surface area contributed by atoms with Crippen molar-refractivity contribution in [2.45, 2.75) is 27.2 Å². The van der Waals surface area contributed by atoms with Crippen molar-refractivity contribution in [3.63, 3.8) is 0 Å². The summed E-state index contributed by atoms with van der Waals surface area (Å²) in [6.45, 7) is 6.46. The maximum atomic E-state index is 4.58. The molecule has 0 radical (unpaired) electrons. The molecule has 4 aromatic rings. The van der Waals surface area contributed by atoms with Crippen molar-refractivity contribution in [2.75, 3.05) is 0 Å². The molecule has 0 bridgehead atoms. The number of nitrogens with zero attached hydrogens (tertiary/aromatic N) is 2. The summed E-state index contributed by atoms with van der Waals surface area (Å²) in [6, 6.07) is 15.9. The molecular formula is C22H18N2S. The molecule has 2 nitrogen and oxygen atoms in total. The van der Waals surface area contributed by atoms with Crippen molar-refractivity contribution in [2.24, 2.45) is 0 Å². The molecular weight excluding hydrogens is 324 g/mol. The highest BCUT2D eigenvalue weighted by atomic mass is 32.1. The van der Waals surface area contributed by atoms with E-state index in [1.165, 1.54) is 61.8 Å². The van der Waals surface area contributed by atoms with Crippen LogP contribution in [0.25, 0.3) is 33.3 Å². The Morgan fingerprint density at radius 3 is 2.32 bits per heavy atom. The Morgan fingerprint density at radius 2 is 1.52 bits per heavy atom. The normalized spacial score (nSPS) is 12.4. The fraction of sp³-hybridized carbons (Fsp3) is 0.182. The lowest BCUT2D eigenvalue weighted by Gasteiger charge is -2.08. The van der Waals surface area contributed by atoms with Gasteiger partial charge < -0.3 is 0 Å². The van der Waals surface area contributed by atoms with E-state index in [2.05, 4.69) is 72.0 Å². The van der Waals surface area contributed by atoms with Crippen LogP contribution in [-0.4, -0.2) is 8.75 Å². The SMILES string of the molecule is Cc1cc(C)cc(-c2ccc3c(c2)Cc2cc(C)c4nsnc4c2-3)c1. The Bertz CT molecular complexity index is 1130. The van der Waals surface area contributed by atoms with Crippen molar-refractivity contribution >= 4 is 22.8 Å². The van der Waals surface area contributed by atoms with Crippen molar-refractivity contribution in [3.8, 4) is 22.3 Å². The third-order valence-corrected chi connectivity index (χ3v) is 5.65. The van der Waals surface area contributed by atoms with E-state index >= 15 is 0 Å². The van der Waals surface area contributed by atoms with Gasteiger partial charge in [-0.2, -0.15) is 8.75 Å². The van der Waals surface area contributed by atoms with Crippen LogP contribution >= 0.6 is 11.7 Å². The predicted molar refractivity (Wildman–Crippen MR) is 105 cm³/mol. The van der Waals surface area contributed by atoms with Gasteiger partial charge in [0.2, 0.25) is 0 Å². The first-order valence-corrected chi connectivity index (χ1v) is 9.30. The lowest BCUT2D eigenvalue weighted by molar-refractivity contribution is 1.25. The summed E-state index contributed by atoms with van der Waals surface area (Å²) in [5.41, 5.74) is 13.9. The van der Waals surface area contributed by atoms with Gasteiger partial charge in [0, 0.05) is 5.56 Å². The number of fused-ring (bicyclic) bond motifs is 5. The summed E-state index contributed by atoms with van der Waals surface area (Å²) in [6.07, 6.45) is 0.984. The number of hydrogen-bond acceptors (Lipinski definition) is 3. The van der Waals surface area contributed by atoms with Gasteiger partial charge in [-0.05, 0) is 60.6 Å². The summed E-state index contributed by atoms with van der Waals surface area (Å²) >= 11 is 1.31. The zero-order chi connectivity index (χ0) is 17.1. The first-order valence-electron chi connectivity index (χ1n) is 8.57. The second-order valence-electron chi connectivity index (χ2n) is 7.11. The minimum absolute atomic E-state index is 0.984. The highest BCUT2D eigenvalue weighted by Gasteiger charge is 2.24. The Balaban J connectivity index is 1.69. The molecule has 1 heterocycles. The van der Waals surface area contributed by atoms with Crippen LogP contribution in [0.4, 0.5) is 0 Å². The third kappa shape index (κ3) is 2.23. The molecule has 0 amide bonds. The highest BCUT2D eigenvalue weighted by Crippen LogP contribution is 2.43. The van der Waals surface area contributed by atoms with Gasteiger partial charge in [-0.1, -0.05) is 53.6 Å². The van der Waals surface area contributed by atoms with Crippen LogP contribution in [0.3, 0.4) is 0 Å². The molecule has 0 atom stereocenters. The van der Waals surface area contributed by atoms with Gasteiger partial charge in [0.15, 0.2) is 0 Å². The molecule has 25 heavy (non-hydrogen) atoms. The van der Waals surface area contributed by atoms with Gasteiger partial charge in [-0.3, -0.25) is 0 Å². The second kappa shape index (κ2) is 5.24. The van der Waals surface area contributed by atoms with Crippen molar-refractivity contribution in [3.05, 3.63) is 70.3 Å². The minimum atomic E-state index is 0.984. The minimum Gasteiger partial charge on any atom is -0.173 e. The maximum Gasteiger partial charge on any atom is 0.113 e. The molecule has 0 N–H and O–H groups in total. The van der Waals surface area contributed by atoms with E-state index in [-0.39, 0.29) is 0 Å². The van der Waals surface area contributed by atoms with Gasteiger partial charge in [0.1, 0.15) is 11.0 Å². The summed E-state index contributed by atoms with van der Waals surface area (Å²) in [7, 11) is 0. The van der Waals surface area contributed by atoms with Crippen molar-refractivity contribution < 1.29 is 0 Å². The van der Waals surface area contributed by atoms with Crippen LogP contribution in [0.15, 0.2) is 42.5 Å². The molecule has 1 aliphatic carbocycles. The lowest BCUT2D eigenvalue weighted by atomic mass is 9.96. The molecule has 0 aliphatic heterocycles. The van der Waals surface area contributed by atoms with E-state index in [1.54, 1.807) is 0 Å². The average molecular weight is 342 g/mol. The number of benzene rings is 3. The Kier molecular flexibility index (Phi) is 3.10. The first-order chi connectivity index (χ1) is 12.1. The summed E-state index contributed by atoms with van der Waals surface area (Å²) in [5, 5.41) is 0. The van der Waals surface area contributed by atoms with Gasteiger partial charge in [-0.25, -0.2) is 0 Å². The van der Waals surface area contributed by atoms with E-state index < -0.39 is 0 Å². The zero-order valence-electron chi connectivity index (χ0n) is 14.6. The molecule has 5 rings (SSSR count). The number of rotatable bonds is 1. The van der Waals surface area contributed by atoms with Gasteiger partial charge in [-0.15, -0.1) is 0 Å². The van der Waals surface area contributed by atoms with Crippen LogP contribution in [0.5, 0.6) is 0 Å². The Hall–Kier alpha value is -2.52. The summed E-state index contributed by atoms with van der Waals surface area (Å²) in [4.78, 5) is 0. The molecule has 3 heteroatoms. The van der Waals surface area contributed by atoms with E-state index in [0.717, 1.165) is 17.5 Å². The molecule has 122 valence electrons. The molecule has 0 saturated carbocycles. The standard InChI is InChI=1S/C22H18N2S/c1-12-6-13(2)8-16(7-12)15-4-5-19-17(10-15)11-18-9-14(3)21-22(20(18)19)24-25-23-21/h4-10H,11H2,1-3H3. The van der Waals surface area contributed by atoms with E-state index in [0.29, 0.717) is 0 Å². The highest BCUT2D eigenvalue weighted by molar-refractivity contribution is 7.00. The molecule has 0 fully saturated rings. The van der Waals surface area contributed by atoms with Gasteiger partial charge in [0.25, 0.3) is 0 Å². The van der Waals surface area contributed by atoms with Crippen LogP contribution in [0, 0.1) is 20.8 Å². The predicted octanol–water partition coefficient (Wildman–Crippen LogP) is 5.85. The fourth-order valence-electron chi connectivity index (χ4n) is 4.12. The Labute approximate surface area is 151 Å². The molecule has 1 aromatic heterocycles. The van der Waals surface area contributed by atoms with E-state index in [1.807, 2.05) is 0 Å². The number of hydrogen-bond donors (Lipinski definition) is 0. The number of aromatic nitrogens is 2. The summed E-state index contributed by atoms with van der Waals surface area (Å²) in [5.74, 6) is 0. The van der Waals surface area contributed by atoms with E-state index in [9.17, 15) is 0 Å². The zero-order valence-corrected chi connectivity index (χ0v) is 15.4. The van der Waals surface area contributed by atoms with Crippen molar-refractivity contribution in [1.29, 1.82) is 0 Å². The molecule has 0 saturated heterocycles. The average Bonchev–Trinajstić information content (AvgIpc) is 3.17. The first kappa shape index (κ1) is 14.8. The topological polar surface area (TPSA) is 25.8 Å². The quantitative estimate of drug-likeness (QED) is 0.381. The smallest absolute Gasteiger partial charge is 0.113 e. The molecule has 3 aromatic carbocycles. The van der Waals surface area contributed by atoms with Crippen LogP contribution in [-0.2, 0) is 6.42 Å². The Morgan fingerprint density at radius 1 is 0.760 bits per heavy atom. The molecule has 0 spiro atoms. The monoisotopic (exact) mass is 342 g/mol.